The Hall–Kier alpha value is -1.36. The molecule has 0 radical (unpaired) electrons. The molecule has 3 aromatic rings. The van der Waals surface area contributed by atoms with Gasteiger partial charge in [-0.3, -0.25) is 4.79 Å². The Morgan fingerprint density at radius 1 is 0.846 bits per heavy atom. The lowest BCUT2D eigenvalue weighted by atomic mass is 9.84. The van der Waals surface area contributed by atoms with Crippen LogP contribution in [0.2, 0.25) is 0 Å². The van der Waals surface area contributed by atoms with Gasteiger partial charge in [0.25, 0.3) is 0 Å². The van der Waals surface area contributed by atoms with Crippen LogP contribution in [0.3, 0.4) is 0 Å². The Balaban J connectivity index is 1.89. The van der Waals surface area contributed by atoms with Gasteiger partial charge in [0.1, 0.15) is 4.32 Å². The monoisotopic (exact) mass is 486 g/mol. The van der Waals surface area contributed by atoms with E-state index < -0.39 is 4.32 Å². The number of benzene rings is 3. The second kappa shape index (κ2) is 7.34. The summed E-state index contributed by atoms with van der Waals surface area (Å²) in [5, 5.41) is -0.0457. The Morgan fingerprint density at radius 2 is 1.42 bits per heavy atom. The molecule has 1 aliphatic heterocycles. The van der Waals surface area contributed by atoms with E-state index in [0.717, 1.165) is 21.6 Å². The number of fused-ring (bicyclic) bond motifs is 1. The molecule has 0 spiro atoms. The number of ketones is 1. The number of thioether (sulfide) groups is 1. The van der Waals surface area contributed by atoms with Gasteiger partial charge < -0.3 is 0 Å². The van der Waals surface area contributed by atoms with Gasteiger partial charge in [-0.25, -0.2) is 0 Å². The van der Waals surface area contributed by atoms with E-state index in [0.29, 0.717) is 0 Å². The first-order valence-corrected chi connectivity index (χ1v) is 10.9. The van der Waals surface area contributed by atoms with Crippen molar-refractivity contribution < 1.29 is 4.79 Å². The van der Waals surface area contributed by atoms with E-state index in [-0.39, 0.29) is 15.9 Å². The molecule has 1 nitrogen and oxygen atoms in total. The number of carbonyl (C=O) groups excluding carboxylic acids is 1. The van der Waals surface area contributed by atoms with Gasteiger partial charge in [-0.15, -0.1) is 11.8 Å². The topological polar surface area (TPSA) is 17.1 Å². The molecule has 0 bridgehead atoms. The minimum atomic E-state index is -0.783. The summed E-state index contributed by atoms with van der Waals surface area (Å²) < 4.78 is -0.783. The second-order valence-corrected chi connectivity index (χ2v) is 9.65. The van der Waals surface area contributed by atoms with E-state index in [1.165, 1.54) is 0 Å². The van der Waals surface area contributed by atoms with Gasteiger partial charge in [0.2, 0.25) is 0 Å². The van der Waals surface area contributed by atoms with Crippen molar-refractivity contribution in [3.63, 3.8) is 0 Å². The molecule has 1 heterocycles. The van der Waals surface area contributed by atoms with Crippen LogP contribution in [0.4, 0.5) is 0 Å². The van der Waals surface area contributed by atoms with Gasteiger partial charge in [-0.05, 0) is 17.2 Å². The van der Waals surface area contributed by atoms with Gasteiger partial charge in [0, 0.05) is 10.5 Å². The van der Waals surface area contributed by atoms with Gasteiger partial charge in [-0.2, -0.15) is 0 Å². The molecule has 0 aromatic heterocycles. The Bertz CT molecular complexity index is 929. The molecule has 1 aliphatic rings. The van der Waals surface area contributed by atoms with Crippen LogP contribution < -0.4 is 0 Å². The largest absolute Gasteiger partial charge is 0.292 e. The smallest absolute Gasteiger partial charge is 0.183 e. The molecule has 130 valence electrons. The number of hydrogen-bond donors (Lipinski definition) is 0. The molecular weight excluding hydrogens is 472 g/mol. The normalized spacial score (nSPS) is 23.3. The predicted octanol–water partition coefficient (Wildman–Crippen LogP) is 6.99. The lowest BCUT2D eigenvalue weighted by molar-refractivity contribution is 0.0937. The maximum Gasteiger partial charge on any atom is 0.183 e. The summed E-state index contributed by atoms with van der Waals surface area (Å²) in [5.41, 5.74) is 3.00. The molecule has 4 heteroatoms. The first-order chi connectivity index (χ1) is 12.6. The van der Waals surface area contributed by atoms with Crippen molar-refractivity contribution in [1.82, 2.24) is 0 Å². The van der Waals surface area contributed by atoms with Gasteiger partial charge in [0.05, 0.1) is 10.1 Å². The third-order valence-corrected chi connectivity index (χ3v) is 9.60. The molecule has 0 fully saturated rings. The third kappa shape index (κ3) is 2.98. The van der Waals surface area contributed by atoms with Crippen LogP contribution in [0.15, 0.2) is 89.8 Å². The molecule has 26 heavy (non-hydrogen) atoms. The number of hydrogen-bond acceptors (Lipinski definition) is 2. The van der Waals surface area contributed by atoms with Gasteiger partial charge >= 0.3 is 0 Å². The molecule has 0 aliphatic carbocycles. The average Bonchev–Trinajstić information content (AvgIpc) is 2.71. The van der Waals surface area contributed by atoms with E-state index in [1.54, 1.807) is 11.8 Å². The first-order valence-electron chi connectivity index (χ1n) is 8.35. The molecule has 0 saturated heterocycles. The zero-order valence-electron chi connectivity index (χ0n) is 13.8. The van der Waals surface area contributed by atoms with Crippen LogP contribution in [0.5, 0.6) is 0 Å². The zero-order chi connectivity index (χ0) is 18.1. The van der Waals surface area contributed by atoms with Gasteiger partial charge in [-0.1, -0.05) is 111 Å². The van der Waals surface area contributed by atoms with Crippen LogP contribution in [0.25, 0.3) is 0 Å². The molecule has 0 N–H and O–H groups in total. The minimum Gasteiger partial charge on any atom is -0.292 e. The van der Waals surface area contributed by atoms with Crippen LogP contribution in [0, 0.1) is 0 Å². The van der Waals surface area contributed by atoms with Crippen molar-refractivity contribution in [2.45, 2.75) is 19.3 Å². The second-order valence-electron chi connectivity index (χ2n) is 6.28. The summed E-state index contributed by atoms with van der Waals surface area (Å²) in [7, 11) is 0. The summed E-state index contributed by atoms with van der Waals surface area (Å²) >= 11 is 9.52. The molecular formula is C22H16Br2OS. The van der Waals surface area contributed by atoms with Crippen molar-refractivity contribution in [2.75, 3.05) is 0 Å². The molecule has 3 aromatic carbocycles. The van der Waals surface area contributed by atoms with Crippen LogP contribution >= 0.6 is 43.6 Å². The maximum absolute atomic E-state index is 13.6. The number of Topliss-reactive ketones (excluding diaryl/α,β-unsaturated/α-hetero) is 1. The Morgan fingerprint density at radius 3 is 2.12 bits per heavy atom. The lowest BCUT2D eigenvalue weighted by Gasteiger charge is -2.42. The van der Waals surface area contributed by atoms with E-state index >= 15 is 0 Å². The van der Waals surface area contributed by atoms with Crippen molar-refractivity contribution >= 4 is 49.4 Å². The highest BCUT2D eigenvalue weighted by atomic mass is 79.9. The fourth-order valence-corrected chi connectivity index (χ4v) is 6.73. The summed E-state index contributed by atoms with van der Waals surface area (Å²) in [5.74, 6) is 0.117. The SMILES string of the molecule is O=C1c2ccccc2S[C@@H](c2ccccc2)[C@@]1(Br)[C@H](Br)c1ccccc1. The van der Waals surface area contributed by atoms with Crippen molar-refractivity contribution in [3.8, 4) is 0 Å². The van der Waals surface area contributed by atoms with E-state index in [2.05, 4.69) is 56.1 Å². The molecule has 3 atom stereocenters. The van der Waals surface area contributed by atoms with Crippen LogP contribution in [0.1, 0.15) is 31.6 Å². The highest BCUT2D eigenvalue weighted by Crippen LogP contribution is 2.60. The first kappa shape index (κ1) is 18.0. The third-order valence-electron chi connectivity index (χ3n) is 4.67. The van der Waals surface area contributed by atoms with Crippen LogP contribution in [-0.2, 0) is 0 Å². The molecule has 4 rings (SSSR count). The van der Waals surface area contributed by atoms with E-state index in [9.17, 15) is 4.79 Å². The van der Waals surface area contributed by atoms with Crippen molar-refractivity contribution in [2.24, 2.45) is 0 Å². The fourth-order valence-electron chi connectivity index (χ4n) is 3.35. The summed E-state index contributed by atoms with van der Waals surface area (Å²) in [6, 6.07) is 28.3. The highest BCUT2D eigenvalue weighted by molar-refractivity contribution is 9.12. The van der Waals surface area contributed by atoms with E-state index in [4.69, 9.17) is 0 Å². The zero-order valence-corrected chi connectivity index (χ0v) is 17.8. The maximum atomic E-state index is 13.6. The standard InChI is InChI=1S/C22H16Br2OS/c23-19(15-9-3-1-4-10-15)22(24)20(25)17-13-7-8-14-18(17)26-21(22)16-11-5-2-6-12-16/h1-14,19,21H/t19-,21+,22-/m1/s1. The summed E-state index contributed by atoms with van der Waals surface area (Å²) in [6.07, 6.45) is 0. The highest BCUT2D eigenvalue weighted by Gasteiger charge is 2.53. The molecule has 0 unspecified atom stereocenters. The number of halogens is 2. The van der Waals surface area contributed by atoms with Crippen molar-refractivity contribution in [3.05, 3.63) is 102 Å². The minimum absolute atomic E-state index is 0.0457. The quantitative estimate of drug-likeness (QED) is 0.370. The molecule has 0 saturated carbocycles. The van der Waals surface area contributed by atoms with Crippen LogP contribution in [-0.4, -0.2) is 10.1 Å². The lowest BCUT2D eigenvalue weighted by Crippen LogP contribution is -2.43. The number of carbonyl (C=O) groups is 1. The fraction of sp³-hybridized carbons (Fsp3) is 0.136. The average molecular weight is 488 g/mol. The number of alkyl halides is 2. The number of rotatable bonds is 3. The summed E-state index contributed by atoms with van der Waals surface area (Å²) in [6.45, 7) is 0. The summed E-state index contributed by atoms with van der Waals surface area (Å²) in [4.78, 5) is 14.5. The Labute approximate surface area is 174 Å². The van der Waals surface area contributed by atoms with Crippen molar-refractivity contribution in [1.29, 1.82) is 0 Å². The van der Waals surface area contributed by atoms with Gasteiger partial charge in [0.15, 0.2) is 5.78 Å². The van der Waals surface area contributed by atoms with E-state index in [1.807, 2.05) is 60.7 Å². The Kier molecular flexibility index (Phi) is 5.09. The molecule has 0 amide bonds. The predicted molar refractivity (Wildman–Crippen MR) is 116 cm³/mol.